The number of nitrogens with one attached hydrogen (secondary N) is 1. The van der Waals surface area contributed by atoms with Crippen molar-refractivity contribution in [3.63, 3.8) is 0 Å². The molecule has 0 radical (unpaired) electrons. The molecule has 0 saturated carbocycles. The number of hydrogen-bond acceptors (Lipinski definition) is 8. The lowest BCUT2D eigenvalue weighted by Crippen LogP contribution is -2.53. The standard InChI is InChI=1S/C40H55NO8Si/c1-29(47-37(43)34(41-38(44)48-39(2,3)4)28-45-26-31-21-15-11-16-22-31)35(49-50(8,9)40(5,6)7)33(25-30-19-13-10-14-20-30)36(42)46-27-32-23-17-12-18-24-32/h10-24,29,33-35H,25-28H2,1-9H3,(H,41,44)/t29-,33+,34?,35-/m0/s1. The number of carbonyl (C=O) groups is 3. The molecule has 3 rings (SSSR count). The highest BCUT2D eigenvalue weighted by Gasteiger charge is 2.45. The van der Waals surface area contributed by atoms with Gasteiger partial charge in [0.1, 0.15) is 18.3 Å². The van der Waals surface area contributed by atoms with Gasteiger partial charge in [-0.3, -0.25) is 4.79 Å². The number of benzene rings is 3. The molecule has 0 aliphatic rings. The molecule has 0 bridgehead atoms. The van der Waals surface area contributed by atoms with Gasteiger partial charge in [0.2, 0.25) is 0 Å². The SMILES string of the molecule is C[C@H](OC(=O)C(COCc1ccccc1)NC(=O)OC(C)(C)C)[C@H](O[Si](C)(C)C(C)(C)C)[C@@H](Cc1ccccc1)C(=O)OCc1ccccc1. The van der Waals surface area contributed by atoms with Crippen LogP contribution in [0.4, 0.5) is 4.79 Å². The summed E-state index contributed by atoms with van der Waals surface area (Å²) in [6.07, 6.45) is -2.26. The van der Waals surface area contributed by atoms with Crippen LogP contribution in [0.3, 0.4) is 0 Å². The number of hydrogen-bond donors (Lipinski definition) is 1. The summed E-state index contributed by atoms with van der Waals surface area (Å²) in [5, 5.41) is 2.41. The van der Waals surface area contributed by atoms with Crippen molar-refractivity contribution < 1.29 is 37.8 Å². The van der Waals surface area contributed by atoms with Crippen LogP contribution in [-0.2, 0) is 52.6 Å². The molecule has 1 N–H and O–H groups in total. The second-order valence-corrected chi connectivity index (χ2v) is 19.8. The van der Waals surface area contributed by atoms with Gasteiger partial charge in [0.05, 0.1) is 25.2 Å². The van der Waals surface area contributed by atoms with Crippen molar-refractivity contribution in [2.75, 3.05) is 6.61 Å². The summed E-state index contributed by atoms with van der Waals surface area (Å²) in [5.74, 6) is -2.01. The predicted octanol–water partition coefficient (Wildman–Crippen LogP) is 8.02. The third kappa shape index (κ3) is 13.4. The Morgan fingerprint density at radius 3 is 1.72 bits per heavy atom. The molecule has 10 heteroatoms. The Kier molecular flexibility index (Phi) is 14.8. The summed E-state index contributed by atoms with van der Waals surface area (Å²) in [5.41, 5.74) is 1.89. The lowest BCUT2D eigenvalue weighted by atomic mass is 9.91. The highest BCUT2D eigenvalue weighted by Crippen LogP contribution is 2.39. The van der Waals surface area contributed by atoms with E-state index in [1.807, 2.05) is 91.0 Å². The molecular weight excluding hydrogens is 651 g/mol. The maximum absolute atomic E-state index is 14.1. The minimum atomic E-state index is -2.55. The molecule has 4 atom stereocenters. The summed E-state index contributed by atoms with van der Waals surface area (Å²) in [6.45, 7) is 17.6. The number of rotatable bonds is 16. The molecule has 272 valence electrons. The second-order valence-electron chi connectivity index (χ2n) is 15.1. The molecule has 3 aromatic carbocycles. The van der Waals surface area contributed by atoms with Crippen molar-refractivity contribution in [3.05, 3.63) is 108 Å². The first-order chi connectivity index (χ1) is 23.4. The van der Waals surface area contributed by atoms with E-state index in [1.54, 1.807) is 27.7 Å². The first-order valence-electron chi connectivity index (χ1n) is 17.2. The molecule has 50 heavy (non-hydrogen) atoms. The van der Waals surface area contributed by atoms with E-state index in [9.17, 15) is 14.4 Å². The largest absolute Gasteiger partial charge is 0.461 e. The fourth-order valence-electron chi connectivity index (χ4n) is 4.88. The zero-order valence-electron chi connectivity index (χ0n) is 31.1. The molecule has 0 fully saturated rings. The van der Waals surface area contributed by atoms with Crippen molar-refractivity contribution in [1.82, 2.24) is 5.32 Å². The number of carbonyl (C=O) groups excluding carboxylic acids is 3. The number of alkyl carbamates (subject to hydrolysis) is 1. The van der Waals surface area contributed by atoms with E-state index >= 15 is 0 Å². The van der Waals surface area contributed by atoms with Crippen LogP contribution >= 0.6 is 0 Å². The van der Waals surface area contributed by atoms with Gasteiger partial charge in [-0.15, -0.1) is 0 Å². The van der Waals surface area contributed by atoms with Crippen molar-refractivity contribution >= 4 is 26.3 Å². The Balaban J connectivity index is 1.93. The van der Waals surface area contributed by atoms with Crippen LogP contribution in [0.2, 0.25) is 18.1 Å². The van der Waals surface area contributed by atoms with Crippen LogP contribution in [-0.4, -0.2) is 56.8 Å². The van der Waals surface area contributed by atoms with Gasteiger partial charge in [0.15, 0.2) is 14.4 Å². The van der Waals surface area contributed by atoms with E-state index in [-0.39, 0.29) is 24.9 Å². The van der Waals surface area contributed by atoms with Gasteiger partial charge in [-0.1, -0.05) is 112 Å². The summed E-state index contributed by atoms with van der Waals surface area (Å²) < 4.78 is 30.3. The van der Waals surface area contributed by atoms with Crippen molar-refractivity contribution in [2.45, 2.75) is 110 Å². The van der Waals surface area contributed by atoms with Crippen molar-refractivity contribution in [1.29, 1.82) is 0 Å². The molecule has 0 spiro atoms. The van der Waals surface area contributed by atoms with Crippen LogP contribution in [0.1, 0.15) is 65.2 Å². The Hall–Kier alpha value is -3.99. The Morgan fingerprint density at radius 1 is 0.720 bits per heavy atom. The fraction of sp³-hybridized carbons (Fsp3) is 0.475. The van der Waals surface area contributed by atoms with Gasteiger partial charge in [-0.25, -0.2) is 9.59 Å². The normalized spacial score (nSPS) is 14.5. The van der Waals surface area contributed by atoms with E-state index < -0.39 is 56.1 Å². The maximum atomic E-state index is 14.1. The van der Waals surface area contributed by atoms with Crippen molar-refractivity contribution in [2.24, 2.45) is 5.92 Å². The Labute approximate surface area is 299 Å². The van der Waals surface area contributed by atoms with Gasteiger partial charge < -0.3 is 28.7 Å². The topological polar surface area (TPSA) is 109 Å². The van der Waals surface area contributed by atoms with Gasteiger partial charge in [0.25, 0.3) is 0 Å². The molecule has 0 saturated heterocycles. The van der Waals surface area contributed by atoms with E-state index in [0.717, 1.165) is 16.7 Å². The average molecular weight is 706 g/mol. The Bertz CT molecular complexity index is 1490. The number of amides is 1. The molecule has 9 nitrogen and oxygen atoms in total. The highest BCUT2D eigenvalue weighted by atomic mass is 28.4. The quantitative estimate of drug-likeness (QED) is 0.0907. The predicted molar refractivity (Wildman–Crippen MR) is 197 cm³/mol. The summed E-state index contributed by atoms with van der Waals surface area (Å²) in [4.78, 5) is 40.8. The number of ether oxygens (including phenoxy) is 4. The molecule has 0 heterocycles. The van der Waals surface area contributed by atoms with Gasteiger partial charge in [-0.2, -0.15) is 0 Å². The van der Waals surface area contributed by atoms with Gasteiger partial charge in [0, 0.05) is 0 Å². The second kappa shape index (κ2) is 18.3. The van der Waals surface area contributed by atoms with Crippen LogP contribution in [0.25, 0.3) is 0 Å². The molecule has 0 aromatic heterocycles. The highest BCUT2D eigenvalue weighted by molar-refractivity contribution is 6.74. The maximum Gasteiger partial charge on any atom is 0.408 e. The zero-order valence-corrected chi connectivity index (χ0v) is 32.1. The third-order valence-corrected chi connectivity index (χ3v) is 13.1. The van der Waals surface area contributed by atoms with E-state index in [2.05, 4.69) is 39.2 Å². The molecule has 1 amide bonds. The molecular formula is C40H55NO8Si. The van der Waals surface area contributed by atoms with Crippen LogP contribution in [0, 0.1) is 5.92 Å². The lowest BCUT2D eigenvalue weighted by molar-refractivity contribution is -0.167. The van der Waals surface area contributed by atoms with Gasteiger partial charge in [-0.05, 0) is 68.9 Å². The fourth-order valence-corrected chi connectivity index (χ4v) is 6.27. The van der Waals surface area contributed by atoms with Crippen LogP contribution < -0.4 is 5.32 Å². The summed E-state index contributed by atoms with van der Waals surface area (Å²) in [7, 11) is -2.55. The van der Waals surface area contributed by atoms with E-state index in [1.165, 1.54) is 0 Å². The minimum absolute atomic E-state index is 0.0899. The Morgan fingerprint density at radius 2 is 1.22 bits per heavy atom. The minimum Gasteiger partial charge on any atom is -0.461 e. The molecule has 3 aromatic rings. The first-order valence-corrected chi connectivity index (χ1v) is 20.1. The van der Waals surface area contributed by atoms with Crippen LogP contribution in [0.5, 0.6) is 0 Å². The van der Waals surface area contributed by atoms with E-state index in [4.69, 9.17) is 23.4 Å². The summed E-state index contributed by atoms with van der Waals surface area (Å²) >= 11 is 0. The van der Waals surface area contributed by atoms with Crippen LogP contribution in [0.15, 0.2) is 91.0 Å². The van der Waals surface area contributed by atoms with Crippen molar-refractivity contribution in [3.8, 4) is 0 Å². The molecule has 0 aliphatic heterocycles. The molecule has 0 aliphatic carbocycles. The smallest absolute Gasteiger partial charge is 0.408 e. The lowest BCUT2D eigenvalue weighted by Gasteiger charge is -2.42. The monoisotopic (exact) mass is 705 g/mol. The first kappa shape index (κ1) is 40.4. The zero-order chi connectivity index (χ0) is 37.0. The van der Waals surface area contributed by atoms with Gasteiger partial charge >= 0.3 is 18.0 Å². The van der Waals surface area contributed by atoms with E-state index in [0.29, 0.717) is 6.42 Å². The summed E-state index contributed by atoms with van der Waals surface area (Å²) in [6, 6.07) is 27.4. The average Bonchev–Trinajstić information content (AvgIpc) is 3.04. The molecule has 1 unspecified atom stereocenters. The number of esters is 2. The third-order valence-electron chi connectivity index (χ3n) is 8.59.